The standard InChI is InChI=1S/C26H25Cl2N3O3/c27-19-8-7-17(31-25(33)22-15-5-6-16(13-15)23(22)26(31)34)14-18(19)24(32)30-11-9-29(10-12-30)21-4-2-1-3-20(21)28/h1-4,7-8,14-16,22-23H,5-6,9-13H2/t15-,16-,22+,23+/m0/s1. The summed E-state index contributed by atoms with van der Waals surface area (Å²) in [6, 6.07) is 12.6. The Morgan fingerprint density at radius 1 is 0.824 bits per heavy atom. The van der Waals surface area contributed by atoms with Gasteiger partial charge in [0.15, 0.2) is 0 Å². The van der Waals surface area contributed by atoms with Gasteiger partial charge >= 0.3 is 0 Å². The van der Waals surface area contributed by atoms with E-state index in [4.69, 9.17) is 23.2 Å². The number of hydrogen-bond acceptors (Lipinski definition) is 4. The smallest absolute Gasteiger partial charge is 0.255 e. The van der Waals surface area contributed by atoms with E-state index >= 15 is 0 Å². The summed E-state index contributed by atoms with van der Waals surface area (Å²) in [7, 11) is 0. The van der Waals surface area contributed by atoms with Crippen LogP contribution in [0.25, 0.3) is 0 Å². The molecule has 0 radical (unpaired) electrons. The molecule has 4 fully saturated rings. The van der Waals surface area contributed by atoms with Gasteiger partial charge in [-0.25, -0.2) is 0 Å². The molecular weight excluding hydrogens is 473 g/mol. The number of piperazine rings is 1. The number of carbonyl (C=O) groups excluding carboxylic acids is 3. The lowest BCUT2D eigenvalue weighted by molar-refractivity contribution is -0.123. The number of fused-ring (bicyclic) bond motifs is 5. The summed E-state index contributed by atoms with van der Waals surface area (Å²) in [5.74, 6) is -0.172. The third kappa shape index (κ3) is 3.34. The van der Waals surface area contributed by atoms with Crippen LogP contribution in [0.2, 0.25) is 10.0 Å². The highest BCUT2D eigenvalue weighted by molar-refractivity contribution is 6.34. The number of para-hydroxylation sites is 1. The van der Waals surface area contributed by atoms with Crippen molar-refractivity contribution >= 4 is 52.3 Å². The van der Waals surface area contributed by atoms with Gasteiger partial charge < -0.3 is 9.80 Å². The summed E-state index contributed by atoms with van der Waals surface area (Å²) in [6.07, 6.45) is 3.05. The van der Waals surface area contributed by atoms with E-state index < -0.39 is 0 Å². The third-order valence-corrected chi connectivity index (χ3v) is 8.78. The summed E-state index contributed by atoms with van der Waals surface area (Å²) >= 11 is 12.8. The van der Waals surface area contributed by atoms with Crippen molar-refractivity contribution in [2.24, 2.45) is 23.7 Å². The first-order valence-corrected chi connectivity index (χ1v) is 12.7. The minimum atomic E-state index is -0.195. The molecule has 3 amide bonds. The summed E-state index contributed by atoms with van der Waals surface area (Å²) in [4.78, 5) is 45.0. The molecule has 4 atom stereocenters. The van der Waals surface area contributed by atoms with Gasteiger partial charge in [-0.05, 0) is 61.4 Å². The molecule has 8 heteroatoms. The summed E-state index contributed by atoms with van der Waals surface area (Å²) in [6.45, 7) is 2.36. The predicted octanol–water partition coefficient (Wildman–Crippen LogP) is 4.49. The van der Waals surface area contributed by atoms with Crippen LogP contribution in [0.3, 0.4) is 0 Å². The van der Waals surface area contributed by atoms with E-state index in [1.165, 1.54) is 4.90 Å². The van der Waals surface area contributed by atoms with Gasteiger partial charge in [-0.3, -0.25) is 19.3 Å². The predicted molar refractivity (Wildman–Crippen MR) is 131 cm³/mol. The number of hydrogen-bond donors (Lipinski definition) is 0. The Balaban J connectivity index is 1.21. The molecule has 2 aromatic rings. The van der Waals surface area contributed by atoms with Gasteiger partial charge in [0, 0.05) is 26.2 Å². The van der Waals surface area contributed by atoms with Gasteiger partial charge in [-0.1, -0.05) is 35.3 Å². The van der Waals surface area contributed by atoms with Crippen molar-refractivity contribution < 1.29 is 14.4 Å². The van der Waals surface area contributed by atoms with Crippen LogP contribution in [-0.2, 0) is 9.59 Å². The minimum Gasteiger partial charge on any atom is -0.367 e. The van der Waals surface area contributed by atoms with Gasteiger partial charge in [0.05, 0.1) is 38.8 Å². The maximum absolute atomic E-state index is 13.4. The second-order valence-electron chi connectivity index (χ2n) is 9.79. The summed E-state index contributed by atoms with van der Waals surface area (Å²) < 4.78 is 0. The summed E-state index contributed by atoms with van der Waals surface area (Å²) in [5.41, 5.74) is 1.74. The lowest BCUT2D eigenvalue weighted by Crippen LogP contribution is -2.49. The molecule has 6 rings (SSSR count). The molecular formula is C26H25Cl2N3O3. The first-order chi connectivity index (χ1) is 16.4. The van der Waals surface area contributed by atoms with E-state index in [2.05, 4.69) is 4.90 Å². The SMILES string of the molecule is O=C(c1cc(N2C(=O)[C@@H]3[C@H]4CC[C@@H](C4)[C@H]3C2=O)ccc1Cl)N1CCN(c2ccccc2Cl)CC1. The van der Waals surface area contributed by atoms with Crippen molar-refractivity contribution in [1.82, 2.24) is 4.90 Å². The average Bonchev–Trinajstić information content (AvgIpc) is 3.53. The van der Waals surface area contributed by atoms with Gasteiger partial charge in [-0.2, -0.15) is 0 Å². The normalized spacial score (nSPS) is 28.1. The number of carbonyl (C=O) groups is 3. The molecule has 2 aliphatic heterocycles. The van der Waals surface area contributed by atoms with Crippen molar-refractivity contribution in [2.75, 3.05) is 36.0 Å². The largest absolute Gasteiger partial charge is 0.367 e. The van der Waals surface area contributed by atoms with Crippen LogP contribution >= 0.6 is 23.2 Å². The van der Waals surface area contributed by atoms with E-state index in [0.29, 0.717) is 59.3 Å². The van der Waals surface area contributed by atoms with Crippen molar-refractivity contribution in [3.05, 3.63) is 58.1 Å². The maximum Gasteiger partial charge on any atom is 0.255 e. The lowest BCUT2D eigenvalue weighted by Gasteiger charge is -2.36. The van der Waals surface area contributed by atoms with E-state index in [1.54, 1.807) is 23.1 Å². The van der Waals surface area contributed by atoms with Crippen LogP contribution in [0.4, 0.5) is 11.4 Å². The van der Waals surface area contributed by atoms with Crippen molar-refractivity contribution in [3.8, 4) is 0 Å². The second kappa shape index (κ2) is 8.28. The lowest BCUT2D eigenvalue weighted by atomic mass is 9.81. The number of benzene rings is 2. The number of imide groups is 1. The van der Waals surface area contributed by atoms with Crippen LogP contribution in [-0.4, -0.2) is 48.8 Å². The molecule has 2 aliphatic carbocycles. The average molecular weight is 498 g/mol. The molecule has 2 aromatic carbocycles. The molecule has 34 heavy (non-hydrogen) atoms. The highest BCUT2D eigenvalue weighted by atomic mass is 35.5. The molecule has 4 aliphatic rings. The fourth-order valence-corrected chi connectivity index (χ4v) is 6.96. The molecule has 2 heterocycles. The molecule has 6 nitrogen and oxygen atoms in total. The second-order valence-corrected chi connectivity index (χ2v) is 10.6. The quantitative estimate of drug-likeness (QED) is 0.586. The molecule has 2 saturated heterocycles. The Labute approximate surface area is 208 Å². The Morgan fingerprint density at radius 2 is 1.47 bits per heavy atom. The van der Waals surface area contributed by atoms with Crippen LogP contribution < -0.4 is 9.80 Å². The van der Waals surface area contributed by atoms with E-state index in [9.17, 15) is 14.4 Å². The minimum absolute atomic E-state index is 0.115. The summed E-state index contributed by atoms with van der Waals surface area (Å²) in [5, 5.41) is 1.01. The Bertz CT molecular complexity index is 1170. The van der Waals surface area contributed by atoms with E-state index in [1.807, 2.05) is 24.3 Å². The number of nitrogens with zero attached hydrogens (tertiary/aromatic N) is 3. The number of anilines is 2. The van der Waals surface area contributed by atoms with Crippen LogP contribution in [0, 0.1) is 23.7 Å². The van der Waals surface area contributed by atoms with E-state index in [0.717, 1.165) is 24.9 Å². The van der Waals surface area contributed by atoms with Gasteiger partial charge in [-0.15, -0.1) is 0 Å². The Kier molecular flexibility index (Phi) is 5.34. The third-order valence-electron chi connectivity index (χ3n) is 8.13. The first-order valence-electron chi connectivity index (χ1n) is 11.9. The Morgan fingerprint density at radius 3 is 2.12 bits per heavy atom. The number of halogens is 2. The maximum atomic E-state index is 13.4. The molecule has 0 aromatic heterocycles. The topological polar surface area (TPSA) is 60.9 Å². The highest BCUT2D eigenvalue weighted by Gasteiger charge is 2.61. The fraction of sp³-hybridized carbons (Fsp3) is 0.423. The van der Waals surface area contributed by atoms with Gasteiger partial charge in [0.2, 0.25) is 11.8 Å². The molecule has 2 saturated carbocycles. The van der Waals surface area contributed by atoms with Crippen LogP contribution in [0.1, 0.15) is 29.6 Å². The molecule has 176 valence electrons. The zero-order chi connectivity index (χ0) is 23.6. The van der Waals surface area contributed by atoms with Crippen LogP contribution in [0.5, 0.6) is 0 Å². The first kappa shape index (κ1) is 21.9. The van der Waals surface area contributed by atoms with Gasteiger partial charge in [0.25, 0.3) is 5.91 Å². The Hall–Kier alpha value is -2.57. The van der Waals surface area contributed by atoms with Crippen molar-refractivity contribution in [2.45, 2.75) is 19.3 Å². The van der Waals surface area contributed by atoms with Gasteiger partial charge in [0.1, 0.15) is 0 Å². The monoisotopic (exact) mass is 497 g/mol. The van der Waals surface area contributed by atoms with Crippen molar-refractivity contribution in [3.63, 3.8) is 0 Å². The number of rotatable bonds is 3. The van der Waals surface area contributed by atoms with Crippen LogP contribution in [0.15, 0.2) is 42.5 Å². The zero-order valence-electron chi connectivity index (χ0n) is 18.6. The molecule has 0 N–H and O–H groups in total. The van der Waals surface area contributed by atoms with Crippen molar-refractivity contribution in [1.29, 1.82) is 0 Å². The highest BCUT2D eigenvalue weighted by Crippen LogP contribution is 2.56. The number of amides is 3. The zero-order valence-corrected chi connectivity index (χ0v) is 20.1. The molecule has 0 spiro atoms. The molecule has 2 bridgehead atoms. The fourth-order valence-electron chi connectivity index (χ4n) is 6.51. The van der Waals surface area contributed by atoms with E-state index in [-0.39, 0.29) is 29.6 Å². The molecule has 0 unspecified atom stereocenters.